The van der Waals surface area contributed by atoms with E-state index in [-0.39, 0.29) is 5.91 Å². The maximum atomic E-state index is 12.8. The molecule has 2 aliphatic rings. The molecule has 2 aromatic rings. The van der Waals surface area contributed by atoms with E-state index < -0.39 is 6.04 Å². The van der Waals surface area contributed by atoms with Gasteiger partial charge in [0.05, 0.1) is 0 Å². The molecule has 23 heavy (non-hydrogen) atoms. The first-order valence-electron chi connectivity index (χ1n) is 8.04. The maximum Gasteiger partial charge on any atom is 0.249 e. The van der Waals surface area contributed by atoms with E-state index in [4.69, 9.17) is 0 Å². The predicted octanol–water partition coefficient (Wildman–Crippen LogP) is 1.59. The van der Waals surface area contributed by atoms with Crippen molar-refractivity contribution in [2.75, 3.05) is 6.54 Å². The quantitative estimate of drug-likeness (QED) is 0.851. The van der Waals surface area contributed by atoms with Gasteiger partial charge in [0.15, 0.2) is 6.04 Å². The number of fused-ring (bicyclic) bond motifs is 2. The molecule has 1 amide bonds. The lowest BCUT2D eigenvalue weighted by Gasteiger charge is -2.21. The molecular formula is C17H19N5O. The number of amides is 1. The Bertz CT molecular complexity index is 697. The van der Waals surface area contributed by atoms with E-state index in [0.717, 1.165) is 12.1 Å². The van der Waals surface area contributed by atoms with E-state index in [1.54, 1.807) is 0 Å². The second-order valence-electron chi connectivity index (χ2n) is 6.39. The Morgan fingerprint density at radius 1 is 1.26 bits per heavy atom. The van der Waals surface area contributed by atoms with Crippen LogP contribution in [0.4, 0.5) is 0 Å². The summed E-state index contributed by atoms with van der Waals surface area (Å²) in [6, 6.07) is 9.08. The van der Waals surface area contributed by atoms with Gasteiger partial charge in [-0.05, 0) is 46.6 Å². The predicted molar refractivity (Wildman–Crippen MR) is 84.3 cm³/mol. The number of aromatic nitrogens is 4. The number of hydrogen-bond acceptors (Lipinski definition) is 4. The zero-order chi connectivity index (χ0) is 15.6. The number of carbonyl (C=O) groups is 1. The molecule has 0 unspecified atom stereocenters. The highest BCUT2D eigenvalue weighted by Gasteiger charge is 2.36. The van der Waals surface area contributed by atoms with E-state index in [2.05, 4.69) is 33.0 Å². The monoisotopic (exact) mass is 309 g/mol. The van der Waals surface area contributed by atoms with E-state index in [9.17, 15) is 4.79 Å². The van der Waals surface area contributed by atoms with Crippen molar-refractivity contribution in [3.05, 3.63) is 54.4 Å². The molecule has 2 bridgehead atoms. The van der Waals surface area contributed by atoms with Gasteiger partial charge in [0.2, 0.25) is 5.91 Å². The fraction of sp³-hybridized carbons (Fsp3) is 0.412. The first-order valence-corrected chi connectivity index (χ1v) is 8.04. The molecule has 1 N–H and O–H groups in total. The Morgan fingerprint density at radius 2 is 2.13 bits per heavy atom. The third kappa shape index (κ3) is 2.76. The van der Waals surface area contributed by atoms with Crippen molar-refractivity contribution in [1.29, 1.82) is 0 Å². The number of nitrogens with one attached hydrogen (secondary N) is 1. The van der Waals surface area contributed by atoms with Gasteiger partial charge in [-0.1, -0.05) is 42.5 Å². The summed E-state index contributed by atoms with van der Waals surface area (Å²) >= 11 is 0. The number of hydrogen-bond donors (Lipinski definition) is 1. The van der Waals surface area contributed by atoms with Gasteiger partial charge in [-0.3, -0.25) is 4.79 Å². The highest BCUT2D eigenvalue weighted by Crippen LogP contribution is 2.43. The van der Waals surface area contributed by atoms with Gasteiger partial charge in [0, 0.05) is 6.54 Å². The molecule has 1 fully saturated rings. The number of carbonyl (C=O) groups excluding carboxylic acids is 1. The van der Waals surface area contributed by atoms with Crippen LogP contribution in [0, 0.1) is 17.8 Å². The zero-order valence-electron chi connectivity index (χ0n) is 12.7. The van der Waals surface area contributed by atoms with Crippen molar-refractivity contribution < 1.29 is 4.79 Å². The van der Waals surface area contributed by atoms with Crippen molar-refractivity contribution in [2.45, 2.75) is 18.9 Å². The smallest absolute Gasteiger partial charge is 0.249 e. The van der Waals surface area contributed by atoms with Crippen LogP contribution < -0.4 is 5.32 Å². The lowest BCUT2D eigenvalue weighted by Crippen LogP contribution is -2.37. The molecule has 6 heteroatoms. The van der Waals surface area contributed by atoms with Gasteiger partial charge in [-0.15, -0.1) is 5.10 Å². The second kappa shape index (κ2) is 5.95. The van der Waals surface area contributed by atoms with Crippen molar-refractivity contribution in [3.8, 4) is 0 Å². The summed E-state index contributed by atoms with van der Waals surface area (Å²) in [6.45, 7) is 0.718. The Morgan fingerprint density at radius 3 is 2.78 bits per heavy atom. The summed E-state index contributed by atoms with van der Waals surface area (Å²) in [5.41, 5.74) is 0.880. The summed E-state index contributed by atoms with van der Waals surface area (Å²) < 4.78 is 1.51. The summed E-state index contributed by atoms with van der Waals surface area (Å²) in [5.74, 6) is 1.84. The normalized spacial score (nSPS) is 26.3. The SMILES string of the molecule is O=C(NC[C@@H]1C[C@H]2C=C[C@H]1C2)[C@H](c1ccccc1)n1cnnn1. The molecule has 1 heterocycles. The molecule has 1 aromatic carbocycles. The van der Waals surface area contributed by atoms with Crippen molar-refractivity contribution in [1.82, 2.24) is 25.5 Å². The Kier molecular flexibility index (Phi) is 3.65. The molecule has 6 nitrogen and oxygen atoms in total. The molecule has 2 aliphatic carbocycles. The lowest BCUT2D eigenvalue weighted by atomic mass is 9.93. The Labute approximate surface area is 134 Å². The van der Waals surface area contributed by atoms with Gasteiger partial charge >= 0.3 is 0 Å². The molecule has 1 saturated carbocycles. The minimum atomic E-state index is -0.527. The molecule has 4 rings (SSSR count). The molecule has 0 spiro atoms. The standard InChI is InChI=1S/C17H19N5O/c23-17(18-10-15-9-12-6-7-14(15)8-12)16(22-11-19-20-21-22)13-4-2-1-3-5-13/h1-7,11-12,14-16H,8-10H2,(H,18,23)/t12-,14-,15-,16-/m0/s1. The largest absolute Gasteiger partial charge is 0.354 e. The summed E-state index contributed by atoms with van der Waals surface area (Å²) in [4.78, 5) is 12.8. The van der Waals surface area contributed by atoms with Crippen LogP contribution in [0.1, 0.15) is 24.4 Å². The van der Waals surface area contributed by atoms with Gasteiger partial charge in [-0.25, -0.2) is 4.68 Å². The van der Waals surface area contributed by atoms with Crippen LogP contribution in [-0.2, 0) is 4.79 Å². The van der Waals surface area contributed by atoms with Gasteiger partial charge in [0.1, 0.15) is 6.33 Å². The minimum absolute atomic E-state index is 0.0600. The van der Waals surface area contributed by atoms with Crippen LogP contribution in [0.3, 0.4) is 0 Å². The number of tetrazole rings is 1. The average Bonchev–Trinajstić information content (AvgIpc) is 3.32. The molecule has 0 saturated heterocycles. The molecule has 4 atom stereocenters. The summed E-state index contributed by atoms with van der Waals surface area (Å²) in [5, 5.41) is 14.3. The molecule has 1 aromatic heterocycles. The second-order valence-corrected chi connectivity index (χ2v) is 6.39. The van der Waals surface area contributed by atoms with Gasteiger partial charge in [0.25, 0.3) is 0 Å². The summed E-state index contributed by atoms with van der Waals surface area (Å²) in [7, 11) is 0. The van der Waals surface area contributed by atoms with Crippen molar-refractivity contribution >= 4 is 5.91 Å². The van der Waals surface area contributed by atoms with E-state index >= 15 is 0 Å². The maximum absolute atomic E-state index is 12.8. The van der Waals surface area contributed by atoms with Gasteiger partial charge in [-0.2, -0.15) is 0 Å². The van der Waals surface area contributed by atoms with Crippen LogP contribution in [0.2, 0.25) is 0 Å². The third-order valence-electron chi connectivity index (χ3n) is 4.95. The zero-order valence-corrected chi connectivity index (χ0v) is 12.7. The molecule has 0 aliphatic heterocycles. The van der Waals surface area contributed by atoms with Crippen LogP contribution in [0.15, 0.2) is 48.8 Å². The number of allylic oxidation sites excluding steroid dienone is 2. The topological polar surface area (TPSA) is 72.7 Å². The van der Waals surface area contributed by atoms with Crippen molar-refractivity contribution in [3.63, 3.8) is 0 Å². The number of rotatable bonds is 5. The van der Waals surface area contributed by atoms with Gasteiger partial charge < -0.3 is 5.32 Å². The minimum Gasteiger partial charge on any atom is -0.354 e. The third-order valence-corrected chi connectivity index (χ3v) is 4.95. The van der Waals surface area contributed by atoms with Crippen LogP contribution in [0.25, 0.3) is 0 Å². The fourth-order valence-electron chi connectivity index (χ4n) is 3.80. The van der Waals surface area contributed by atoms with E-state index in [1.807, 2.05) is 30.3 Å². The summed E-state index contributed by atoms with van der Waals surface area (Å²) in [6.07, 6.45) is 8.54. The lowest BCUT2D eigenvalue weighted by molar-refractivity contribution is -0.123. The Balaban J connectivity index is 1.48. The van der Waals surface area contributed by atoms with Crippen molar-refractivity contribution in [2.24, 2.45) is 17.8 Å². The highest BCUT2D eigenvalue weighted by atomic mass is 16.2. The van der Waals surface area contributed by atoms with Crippen LogP contribution >= 0.6 is 0 Å². The first-order chi connectivity index (χ1) is 11.3. The van der Waals surface area contributed by atoms with Crippen LogP contribution in [-0.4, -0.2) is 32.7 Å². The van der Waals surface area contributed by atoms with Crippen LogP contribution in [0.5, 0.6) is 0 Å². The average molecular weight is 309 g/mol. The van der Waals surface area contributed by atoms with E-state index in [1.165, 1.54) is 23.9 Å². The molecule has 0 radical (unpaired) electrons. The molecule has 118 valence electrons. The number of benzene rings is 1. The number of nitrogens with zero attached hydrogens (tertiary/aromatic N) is 4. The van der Waals surface area contributed by atoms with E-state index in [0.29, 0.717) is 17.8 Å². The highest BCUT2D eigenvalue weighted by molar-refractivity contribution is 5.83. The molecular weight excluding hydrogens is 290 g/mol. The fourth-order valence-corrected chi connectivity index (χ4v) is 3.80. The Hall–Kier alpha value is -2.50. The first kappa shape index (κ1) is 14.1.